The highest BCUT2D eigenvalue weighted by molar-refractivity contribution is 7.13. The van der Waals surface area contributed by atoms with Crippen LogP contribution in [-0.2, 0) is 0 Å². The van der Waals surface area contributed by atoms with Crippen LogP contribution in [0.15, 0.2) is 23.7 Å². The fraction of sp³-hybridized carbons (Fsp3) is 0.273. The van der Waals surface area contributed by atoms with Gasteiger partial charge in [0.15, 0.2) is 0 Å². The number of hydrogen-bond donors (Lipinski definition) is 0. The number of aromatic nitrogens is 2. The second kappa shape index (κ2) is 4.29. The van der Waals surface area contributed by atoms with Gasteiger partial charge in [0.05, 0.1) is 5.69 Å². The first kappa shape index (κ1) is 10.6. The third kappa shape index (κ3) is 2.36. The smallest absolute Gasteiger partial charge is 0.142 e. The quantitative estimate of drug-likeness (QED) is 0.791. The molecule has 0 radical (unpaired) electrons. The van der Waals surface area contributed by atoms with Gasteiger partial charge in [-0.05, 0) is 18.1 Å². The summed E-state index contributed by atoms with van der Waals surface area (Å²) in [5.41, 5.74) is 1.95. The Balaban J connectivity index is 2.37. The van der Waals surface area contributed by atoms with Gasteiger partial charge in [-0.3, -0.25) is 4.98 Å². The van der Waals surface area contributed by atoms with Crippen molar-refractivity contribution in [1.82, 2.24) is 9.97 Å². The molecule has 78 valence electrons. The molecule has 0 aromatic carbocycles. The summed E-state index contributed by atoms with van der Waals surface area (Å²) in [4.78, 5) is 8.76. The summed E-state index contributed by atoms with van der Waals surface area (Å²) in [7, 11) is 0. The summed E-state index contributed by atoms with van der Waals surface area (Å²) < 4.78 is 0. The van der Waals surface area contributed by atoms with E-state index >= 15 is 0 Å². The molecule has 0 unspecified atom stereocenters. The zero-order chi connectivity index (χ0) is 10.8. The van der Waals surface area contributed by atoms with Crippen LogP contribution in [0.3, 0.4) is 0 Å². The van der Waals surface area contributed by atoms with E-state index in [4.69, 9.17) is 11.6 Å². The molecule has 0 aliphatic rings. The minimum Gasteiger partial charge on any atom is -0.254 e. The standard InChI is InChI=1S/C11H11ClN2S/c1-7(2)10-6-15-11(14-10)9-5-8(12)3-4-13-9/h3-7H,1-2H3. The van der Waals surface area contributed by atoms with Crippen LogP contribution in [0.5, 0.6) is 0 Å². The molecule has 0 aliphatic carbocycles. The number of rotatable bonds is 2. The van der Waals surface area contributed by atoms with Gasteiger partial charge in [0.1, 0.15) is 10.7 Å². The van der Waals surface area contributed by atoms with Gasteiger partial charge in [0, 0.05) is 16.6 Å². The van der Waals surface area contributed by atoms with Crippen LogP contribution >= 0.6 is 22.9 Å². The Morgan fingerprint density at radius 3 is 2.80 bits per heavy atom. The molecular weight excluding hydrogens is 228 g/mol. The Morgan fingerprint density at radius 1 is 1.40 bits per heavy atom. The van der Waals surface area contributed by atoms with Crippen molar-refractivity contribution in [1.29, 1.82) is 0 Å². The van der Waals surface area contributed by atoms with Crippen molar-refractivity contribution in [2.24, 2.45) is 0 Å². The summed E-state index contributed by atoms with van der Waals surface area (Å²) >= 11 is 7.51. The molecule has 0 bridgehead atoms. The van der Waals surface area contributed by atoms with Gasteiger partial charge in [-0.2, -0.15) is 0 Å². The molecule has 0 amide bonds. The summed E-state index contributed by atoms with van der Waals surface area (Å²) in [5, 5.41) is 3.70. The Hall–Kier alpha value is -0.930. The van der Waals surface area contributed by atoms with Gasteiger partial charge in [0.2, 0.25) is 0 Å². The first-order valence-corrected chi connectivity index (χ1v) is 6.00. The molecule has 15 heavy (non-hydrogen) atoms. The highest BCUT2D eigenvalue weighted by Gasteiger charge is 2.08. The minimum absolute atomic E-state index is 0.453. The number of halogens is 1. The lowest BCUT2D eigenvalue weighted by molar-refractivity contribution is 0.834. The average molecular weight is 239 g/mol. The largest absolute Gasteiger partial charge is 0.254 e. The average Bonchev–Trinajstić information content (AvgIpc) is 2.66. The van der Waals surface area contributed by atoms with Crippen molar-refractivity contribution < 1.29 is 0 Å². The number of thiazole rings is 1. The van der Waals surface area contributed by atoms with Gasteiger partial charge in [-0.1, -0.05) is 25.4 Å². The third-order valence-corrected chi connectivity index (χ3v) is 3.17. The molecule has 0 fully saturated rings. The monoisotopic (exact) mass is 238 g/mol. The molecule has 0 aliphatic heterocycles. The summed E-state index contributed by atoms with van der Waals surface area (Å²) in [6, 6.07) is 3.60. The molecule has 2 aromatic heterocycles. The zero-order valence-electron chi connectivity index (χ0n) is 8.57. The topological polar surface area (TPSA) is 25.8 Å². The van der Waals surface area contributed by atoms with E-state index in [1.165, 1.54) is 0 Å². The highest BCUT2D eigenvalue weighted by atomic mass is 35.5. The number of pyridine rings is 1. The van der Waals surface area contributed by atoms with Crippen LogP contribution < -0.4 is 0 Å². The van der Waals surface area contributed by atoms with Crippen LogP contribution in [-0.4, -0.2) is 9.97 Å². The Kier molecular flexibility index (Phi) is 3.03. The SMILES string of the molecule is CC(C)c1csc(-c2cc(Cl)ccn2)n1. The third-order valence-electron chi connectivity index (χ3n) is 2.05. The molecule has 2 rings (SSSR count). The fourth-order valence-electron chi connectivity index (χ4n) is 1.19. The van der Waals surface area contributed by atoms with Crippen molar-refractivity contribution in [2.45, 2.75) is 19.8 Å². The van der Waals surface area contributed by atoms with Gasteiger partial charge in [-0.15, -0.1) is 11.3 Å². The molecule has 0 N–H and O–H groups in total. The lowest BCUT2D eigenvalue weighted by Gasteiger charge is -1.98. The highest BCUT2D eigenvalue weighted by Crippen LogP contribution is 2.26. The number of hydrogen-bond acceptors (Lipinski definition) is 3. The van der Waals surface area contributed by atoms with E-state index in [2.05, 4.69) is 29.2 Å². The minimum atomic E-state index is 0.453. The maximum Gasteiger partial charge on any atom is 0.142 e. The van der Waals surface area contributed by atoms with E-state index in [9.17, 15) is 0 Å². The first-order chi connectivity index (χ1) is 7.16. The van der Waals surface area contributed by atoms with Crippen LogP contribution in [0.1, 0.15) is 25.5 Å². The van der Waals surface area contributed by atoms with E-state index in [-0.39, 0.29) is 0 Å². The van der Waals surface area contributed by atoms with Gasteiger partial charge in [0.25, 0.3) is 0 Å². The predicted octanol–water partition coefficient (Wildman–Crippen LogP) is 3.98. The summed E-state index contributed by atoms with van der Waals surface area (Å²) in [5.74, 6) is 0.453. The molecule has 2 aromatic rings. The second-order valence-corrected chi connectivity index (χ2v) is 4.89. The van der Waals surface area contributed by atoms with E-state index in [1.807, 2.05) is 6.07 Å². The molecule has 2 nitrogen and oxygen atoms in total. The van der Waals surface area contributed by atoms with Gasteiger partial charge >= 0.3 is 0 Å². The predicted molar refractivity (Wildman–Crippen MR) is 64.4 cm³/mol. The molecule has 4 heteroatoms. The normalized spacial score (nSPS) is 10.9. The Labute approximate surface area is 98.0 Å². The Morgan fingerprint density at radius 2 is 2.20 bits per heavy atom. The van der Waals surface area contributed by atoms with Gasteiger partial charge in [-0.25, -0.2) is 4.98 Å². The maximum absolute atomic E-state index is 5.90. The fourth-order valence-corrected chi connectivity index (χ4v) is 2.30. The molecule has 2 heterocycles. The van der Waals surface area contributed by atoms with Crippen LogP contribution in [0.4, 0.5) is 0 Å². The summed E-state index contributed by atoms with van der Waals surface area (Å²) in [6.45, 7) is 4.26. The molecule has 0 saturated carbocycles. The van der Waals surface area contributed by atoms with E-state index < -0.39 is 0 Å². The maximum atomic E-state index is 5.90. The van der Waals surface area contributed by atoms with Crippen molar-refractivity contribution in [3.63, 3.8) is 0 Å². The van der Waals surface area contributed by atoms with Crippen molar-refractivity contribution in [3.05, 3.63) is 34.4 Å². The molecule has 0 atom stereocenters. The van der Waals surface area contributed by atoms with E-state index in [0.29, 0.717) is 10.9 Å². The zero-order valence-corrected chi connectivity index (χ0v) is 10.1. The molecular formula is C11H11ClN2S. The van der Waals surface area contributed by atoms with Crippen LogP contribution in [0, 0.1) is 0 Å². The van der Waals surface area contributed by atoms with Gasteiger partial charge < -0.3 is 0 Å². The van der Waals surface area contributed by atoms with Crippen LogP contribution in [0.2, 0.25) is 5.02 Å². The van der Waals surface area contributed by atoms with Crippen molar-refractivity contribution in [2.75, 3.05) is 0 Å². The second-order valence-electron chi connectivity index (χ2n) is 3.59. The number of nitrogens with zero attached hydrogens (tertiary/aromatic N) is 2. The van der Waals surface area contributed by atoms with Crippen molar-refractivity contribution >= 4 is 22.9 Å². The van der Waals surface area contributed by atoms with Crippen molar-refractivity contribution in [3.8, 4) is 10.7 Å². The Bertz CT molecular complexity index is 465. The molecule has 0 saturated heterocycles. The lowest BCUT2D eigenvalue weighted by atomic mass is 10.2. The van der Waals surface area contributed by atoms with Crippen LogP contribution in [0.25, 0.3) is 10.7 Å². The lowest BCUT2D eigenvalue weighted by Crippen LogP contribution is -1.87. The van der Waals surface area contributed by atoms with E-state index in [1.54, 1.807) is 23.6 Å². The first-order valence-electron chi connectivity index (χ1n) is 4.74. The summed E-state index contributed by atoms with van der Waals surface area (Å²) in [6.07, 6.45) is 1.70. The molecule has 0 spiro atoms. The van der Waals surface area contributed by atoms with E-state index in [0.717, 1.165) is 16.4 Å².